The number of ketones is 2. The summed E-state index contributed by atoms with van der Waals surface area (Å²) in [4.78, 5) is 36.9. The third-order valence-electron chi connectivity index (χ3n) is 9.12. The van der Waals surface area contributed by atoms with Gasteiger partial charge in [-0.1, -0.05) is 24.3 Å². The number of allylic oxidation sites excluding steroid dienone is 4. The van der Waals surface area contributed by atoms with Crippen molar-refractivity contribution in [2.75, 3.05) is 38.7 Å². The van der Waals surface area contributed by atoms with Crippen molar-refractivity contribution < 1.29 is 32.9 Å². The molecule has 4 aromatic carbocycles. The van der Waals surface area contributed by atoms with E-state index in [2.05, 4.69) is 20.2 Å². The largest absolute Gasteiger partial charge is 0.493 e. The number of hydrogen-bond acceptors (Lipinski definition) is 10. The third-order valence-corrected chi connectivity index (χ3v) is 9.12. The van der Waals surface area contributed by atoms with E-state index >= 15 is 0 Å². The van der Waals surface area contributed by atoms with Gasteiger partial charge < -0.3 is 29.2 Å². The van der Waals surface area contributed by atoms with Crippen LogP contribution in [0.2, 0.25) is 0 Å². The molecule has 1 aliphatic heterocycles. The van der Waals surface area contributed by atoms with Gasteiger partial charge in [0, 0.05) is 34.8 Å². The number of halogens is 1. The van der Waals surface area contributed by atoms with Crippen LogP contribution in [0.1, 0.15) is 36.0 Å². The molecule has 7 rings (SSSR count). The lowest BCUT2D eigenvalue weighted by Gasteiger charge is -2.17. The molecule has 1 saturated heterocycles. The number of benzene rings is 4. The minimum absolute atomic E-state index is 0.197. The molecule has 1 fully saturated rings. The number of anilines is 2. The van der Waals surface area contributed by atoms with Crippen LogP contribution in [0, 0.1) is 5.82 Å². The van der Waals surface area contributed by atoms with Crippen molar-refractivity contribution in [3.63, 3.8) is 0 Å². The van der Waals surface area contributed by atoms with Crippen LogP contribution in [-0.2, 0) is 22.8 Å². The lowest BCUT2D eigenvalue weighted by molar-refractivity contribution is -0.113. The van der Waals surface area contributed by atoms with Crippen LogP contribution in [0.3, 0.4) is 0 Å². The number of rotatable bonds is 15. The van der Waals surface area contributed by atoms with Crippen LogP contribution in [0.25, 0.3) is 16.5 Å². The lowest BCUT2D eigenvalue weighted by atomic mass is 9.95. The van der Waals surface area contributed by atoms with Gasteiger partial charge in [0.2, 0.25) is 0 Å². The Morgan fingerprint density at radius 2 is 1.55 bits per heavy atom. The van der Waals surface area contributed by atoms with Crippen LogP contribution in [-0.4, -0.2) is 59.8 Å². The molecule has 1 aliphatic carbocycles. The highest BCUT2D eigenvalue weighted by Crippen LogP contribution is 2.37. The Bertz CT molecular complexity index is 2160. The van der Waals surface area contributed by atoms with Crippen molar-refractivity contribution in [3.05, 3.63) is 126 Å². The van der Waals surface area contributed by atoms with Gasteiger partial charge in [0.25, 0.3) is 0 Å². The van der Waals surface area contributed by atoms with Crippen molar-refractivity contribution >= 4 is 39.5 Å². The topological polar surface area (TPSA) is 112 Å². The highest BCUT2D eigenvalue weighted by molar-refractivity contribution is 6.34. The van der Waals surface area contributed by atoms with Crippen molar-refractivity contribution in [1.82, 2.24) is 14.9 Å². The Hall–Kier alpha value is -6.07. The Kier molecular flexibility index (Phi) is 11.0. The smallest absolute Gasteiger partial charge is 0.186 e. The zero-order chi connectivity index (χ0) is 36.6. The lowest BCUT2D eigenvalue weighted by Crippen LogP contribution is -2.21. The monoisotopic (exact) mass is 714 g/mol. The highest BCUT2D eigenvalue weighted by atomic mass is 19.1. The predicted molar refractivity (Wildman–Crippen MR) is 200 cm³/mol. The number of fused-ring (bicyclic) bond motifs is 1. The fourth-order valence-corrected chi connectivity index (χ4v) is 6.30. The fourth-order valence-electron chi connectivity index (χ4n) is 6.30. The van der Waals surface area contributed by atoms with Gasteiger partial charge in [0.1, 0.15) is 42.7 Å². The summed E-state index contributed by atoms with van der Waals surface area (Å²) in [6.07, 6.45) is 8.75. The van der Waals surface area contributed by atoms with E-state index in [0.29, 0.717) is 64.2 Å². The van der Waals surface area contributed by atoms with E-state index in [4.69, 9.17) is 18.9 Å². The number of hydrogen-bond donors (Lipinski definition) is 1. The maximum Gasteiger partial charge on any atom is 0.186 e. The third kappa shape index (κ3) is 8.88. The molecule has 1 aromatic heterocycles. The maximum atomic E-state index is 13.2. The molecular formula is C42H39FN4O6. The van der Waals surface area contributed by atoms with E-state index in [-0.39, 0.29) is 29.6 Å². The predicted octanol–water partition coefficient (Wildman–Crippen LogP) is 7.64. The first-order chi connectivity index (χ1) is 25.9. The molecular weight excluding hydrogens is 675 g/mol. The summed E-state index contributed by atoms with van der Waals surface area (Å²) in [5, 5.41) is 4.07. The summed E-state index contributed by atoms with van der Waals surface area (Å²) in [5.41, 5.74) is 3.69. The standard InChI is InChI=1S/C42H39FN4O6/c1-50-40-23-36-37(24-41(40)51-20-4-19-47-17-2-3-18-47)44-27-45-42(36)46-31-11-16-39(35(21-31)34-22-32(48)12-15-38(34)49)53-26-29-7-13-33(14-8-29)52-25-28-5-9-30(43)10-6-28/h5-16,21-24,27H,2-4,17-20,25-26H2,1H3,(H,44,45,46). The average Bonchev–Trinajstić information content (AvgIpc) is 3.71. The number of nitrogens with zero attached hydrogens (tertiary/aromatic N) is 3. The summed E-state index contributed by atoms with van der Waals surface area (Å²) in [7, 11) is 1.60. The number of carbonyl (C=O) groups is 2. The van der Waals surface area contributed by atoms with Crippen LogP contribution >= 0.6 is 0 Å². The zero-order valence-electron chi connectivity index (χ0n) is 29.3. The first-order valence-electron chi connectivity index (χ1n) is 17.6. The molecule has 0 atom stereocenters. The number of aromatic nitrogens is 2. The van der Waals surface area contributed by atoms with E-state index in [1.165, 1.54) is 49.5 Å². The fraction of sp³-hybridized carbons (Fsp3) is 0.238. The Morgan fingerprint density at radius 1 is 0.792 bits per heavy atom. The van der Waals surface area contributed by atoms with E-state index in [0.717, 1.165) is 37.2 Å². The molecule has 11 heteroatoms. The van der Waals surface area contributed by atoms with Gasteiger partial charge in [-0.2, -0.15) is 0 Å². The molecule has 0 bridgehead atoms. The first kappa shape index (κ1) is 35.3. The second-order valence-corrected chi connectivity index (χ2v) is 12.8. The van der Waals surface area contributed by atoms with Gasteiger partial charge in [-0.05, 0) is 110 Å². The summed E-state index contributed by atoms with van der Waals surface area (Å²) in [5.74, 6) is 1.90. The quantitative estimate of drug-likeness (QED) is 0.0858. The molecule has 0 radical (unpaired) electrons. The van der Waals surface area contributed by atoms with Crippen LogP contribution in [0.15, 0.2) is 103 Å². The van der Waals surface area contributed by atoms with E-state index in [1.54, 1.807) is 31.4 Å². The Labute approximate surface area is 306 Å². The normalized spacial score (nSPS) is 14.3. The van der Waals surface area contributed by atoms with Gasteiger partial charge >= 0.3 is 0 Å². The summed E-state index contributed by atoms with van der Waals surface area (Å²) >= 11 is 0. The molecule has 0 unspecified atom stereocenters. The minimum Gasteiger partial charge on any atom is -0.493 e. The number of carbonyl (C=O) groups excluding carboxylic acids is 2. The van der Waals surface area contributed by atoms with Crippen molar-refractivity contribution in [2.24, 2.45) is 0 Å². The van der Waals surface area contributed by atoms with Crippen molar-refractivity contribution in [2.45, 2.75) is 32.5 Å². The Balaban J connectivity index is 1.07. The summed E-state index contributed by atoms with van der Waals surface area (Å²) in [6, 6.07) is 22.6. The molecule has 1 N–H and O–H groups in total. The molecule has 270 valence electrons. The number of ether oxygens (including phenoxy) is 4. The maximum absolute atomic E-state index is 13.2. The van der Waals surface area contributed by atoms with Gasteiger partial charge in [-0.3, -0.25) is 9.59 Å². The molecule has 10 nitrogen and oxygen atoms in total. The second-order valence-electron chi connectivity index (χ2n) is 12.8. The minimum atomic E-state index is -0.306. The van der Waals surface area contributed by atoms with Crippen LogP contribution < -0.4 is 24.3 Å². The van der Waals surface area contributed by atoms with E-state index < -0.39 is 0 Å². The number of likely N-dealkylation sites (tertiary alicyclic amines) is 1. The molecule has 0 saturated carbocycles. The molecule has 0 amide bonds. The second kappa shape index (κ2) is 16.5. The van der Waals surface area contributed by atoms with Gasteiger partial charge in [-0.25, -0.2) is 14.4 Å². The zero-order valence-corrected chi connectivity index (χ0v) is 29.3. The number of methoxy groups -OCH3 is 1. The SMILES string of the molecule is COc1cc2c(Nc3ccc(OCc4ccc(OCc5ccc(F)cc5)cc4)c(C4=CC(=O)C=CC4=O)c3)ncnc2cc1OCCCN1CCCC1. The first-order valence-corrected chi connectivity index (χ1v) is 17.6. The summed E-state index contributed by atoms with van der Waals surface area (Å²) in [6.45, 7) is 4.38. The molecule has 2 heterocycles. The molecule has 0 spiro atoms. The van der Waals surface area contributed by atoms with Crippen LogP contribution in [0.4, 0.5) is 15.9 Å². The van der Waals surface area contributed by atoms with Crippen molar-refractivity contribution in [3.8, 4) is 23.0 Å². The van der Waals surface area contributed by atoms with Gasteiger partial charge in [0.15, 0.2) is 23.1 Å². The van der Waals surface area contributed by atoms with E-state index in [1.807, 2.05) is 42.5 Å². The Morgan fingerprint density at radius 3 is 2.32 bits per heavy atom. The number of nitrogens with one attached hydrogen (secondary N) is 1. The molecule has 5 aromatic rings. The van der Waals surface area contributed by atoms with E-state index in [9.17, 15) is 14.0 Å². The molecule has 53 heavy (non-hydrogen) atoms. The van der Waals surface area contributed by atoms with Crippen molar-refractivity contribution in [1.29, 1.82) is 0 Å². The molecule has 2 aliphatic rings. The van der Waals surface area contributed by atoms with Gasteiger partial charge in [0.05, 0.1) is 19.2 Å². The van der Waals surface area contributed by atoms with Crippen LogP contribution in [0.5, 0.6) is 23.0 Å². The summed E-state index contributed by atoms with van der Waals surface area (Å²) < 4.78 is 37.1. The van der Waals surface area contributed by atoms with Gasteiger partial charge in [-0.15, -0.1) is 0 Å². The average molecular weight is 715 g/mol. The highest BCUT2D eigenvalue weighted by Gasteiger charge is 2.21.